The highest BCUT2D eigenvalue weighted by atomic mass is 35.5. The predicted molar refractivity (Wildman–Crippen MR) is 80.1 cm³/mol. The lowest BCUT2D eigenvalue weighted by Crippen LogP contribution is -2.22. The molecule has 0 atom stereocenters. The van der Waals surface area contributed by atoms with Crippen LogP contribution in [0.5, 0.6) is 0 Å². The Kier molecular flexibility index (Phi) is 4.39. The summed E-state index contributed by atoms with van der Waals surface area (Å²) in [5.74, 6) is -0.433. The minimum atomic E-state index is -0.595. The molecule has 21 heavy (non-hydrogen) atoms. The topological polar surface area (TPSA) is 98.3 Å². The quantitative estimate of drug-likeness (QED) is 0.515. The van der Waals surface area contributed by atoms with Gasteiger partial charge in [-0.05, 0) is 23.8 Å². The summed E-state index contributed by atoms with van der Waals surface area (Å²) in [6, 6.07) is 10.8. The number of nitrogens with zero attached hydrogens (tertiary/aromatic N) is 1. The summed E-state index contributed by atoms with van der Waals surface area (Å²) < 4.78 is 0. The first-order valence-electron chi connectivity index (χ1n) is 6.03. The Hall–Kier alpha value is -2.60. The summed E-state index contributed by atoms with van der Waals surface area (Å²) in [5.41, 5.74) is 6.99. The Labute approximate surface area is 125 Å². The summed E-state index contributed by atoms with van der Waals surface area (Å²) in [5, 5.41) is 13.6. The van der Waals surface area contributed by atoms with Gasteiger partial charge in [0, 0.05) is 35.0 Å². The molecule has 0 saturated heterocycles. The third-order valence-electron chi connectivity index (χ3n) is 2.79. The zero-order valence-electron chi connectivity index (χ0n) is 10.9. The van der Waals surface area contributed by atoms with Crippen molar-refractivity contribution in [2.75, 3.05) is 5.73 Å². The Morgan fingerprint density at radius 1 is 1.24 bits per heavy atom. The molecule has 2 aromatic carbocycles. The van der Waals surface area contributed by atoms with E-state index < -0.39 is 10.8 Å². The van der Waals surface area contributed by atoms with Crippen LogP contribution in [-0.4, -0.2) is 10.8 Å². The molecule has 2 aromatic rings. The number of anilines is 1. The molecule has 0 bridgehead atoms. The number of nitrogens with two attached hydrogens (primary N) is 1. The molecule has 1 amide bonds. The largest absolute Gasteiger partial charge is 0.399 e. The third kappa shape index (κ3) is 3.93. The number of rotatable bonds is 4. The van der Waals surface area contributed by atoms with Gasteiger partial charge in [0.1, 0.15) is 0 Å². The van der Waals surface area contributed by atoms with Gasteiger partial charge < -0.3 is 11.1 Å². The molecule has 0 radical (unpaired) electrons. The van der Waals surface area contributed by atoms with Gasteiger partial charge in [0.05, 0.1) is 4.92 Å². The molecule has 0 saturated carbocycles. The molecule has 7 heteroatoms. The van der Waals surface area contributed by atoms with Crippen LogP contribution >= 0.6 is 11.6 Å². The molecular weight excluding hydrogens is 294 g/mol. The van der Waals surface area contributed by atoms with E-state index in [1.54, 1.807) is 24.3 Å². The number of hydrogen-bond donors (Lipinski definition) is 2. The molecule has 0 spiro atoms. The minimum Gasteiger partial charge on any atom is -0.399 e. The van der Waals surface area contributed by atoms with Gasteiger partial charge in [0.2, 0.25) is 0 Å². The van der Waals surface area contributed by atoms with Gasteiger partial charge >= 0.3 is 0 Å². The number of hydrogen-bond acceptors (Lipinski definition) is 4. The average molecular weight is 306 g/mol. The fraction of sp³-hybridized carbons (Fsp3) is 0.0714. The van der Waals surface area contributed by atoms with E-state index in [9.17, 15) is 14.9 Å². The van der Waals surface area contributed by atoms with Crippen molar-refractivity contribution < 1.29 is 9.72 Å². The van der Waals surface area contributed by atoms with Crippen LogP contribution in [-0.2, 0) is 6.54 Å². The van der Waals surface area contributed by atoms with E-state index in [1.165, 1.54) is 18.2 Å². The second-order valence-corrected chi connectivity index (χ2v) is 4.82. The van der Waals surface area contributed by atoms with Crippen molar-refractivity contribution in [1.82, 2.24) is 5.32 Å². The van der Waals surface area contributed by atoms with Gasteiger partial charge in [0.15, 0.2) is 0 Å². The molecule has 0 fully saturated rings. The first-order chi connectivity index (χ1) is 9.95. The summed E-state index contributed by atoms with van der Waals surface area (Å²) in [6.07, 6.45) is 0. The number of nitrogens with one attached hydrogen (secondary N) is 1. The molecule has 0 aliphatic rings. The van der Waals surface area contributed by atoms with Crippen molar-refractivity contribution in [3.63, 3.8) is 0 Å². The van der Waals surface area contributed by atoms with Gasteiger partial charge in [-0.15, -0.1) is 0 Å². The van der Waals surface area contributed by atoms with E-state index in [1.807, 2.05) is 0 Å². The highest BCUT2D eigenvalue weighted by Crippen LogP contribution is 2.20. The lowest BCUT2D eigenvalue weighted by atomic mass is 10.1. The van der Waals surface area contributed by atoms with Crippen LogP contribution in [0.1, 0.15) is 15.9 Å². The molecule has 6 nitrogen and oxygen atoms in total. The summed E-state index contributed by atoms with van der Waals surface area (Å²) >= 11 is 5.77. The molecule has 0 aromatic heterocycles. The first-order valence-corrected chi connectivity index (χ1v) is 6.41. The van der Waals surface area contributed by atoms with Crippen LogP contribution in [0.25, 0.3) is 0 Å². The van der Waals surface area contributed by atoms with Crippen molar-refractivity contribution >= 4 is 28.9 Å². The maximum Gasteiger partial charge on any atom is 0.271 e. The average Bonchev–Trinajstić information content (AvgIpc) is 2.45. The third-order valence-corrected chi connectivity index (χ3v) is 3.01. The number of halogens is 1. The van der Waals surface area contributed by atoms with Crippen molar-refractivity contribution in [2.24, 2.45) is 0 Å². The van der Waals surface area contributed by atoms with E-state index >= 15 is 0 Å². The second-order valence-electron chi connectivity index (χ2n) is 4.38. The zero-order chi connectivity index (χ0) is 15.4. The molecule has 2 rings (SSSR count). The summed E-state index contributed by atoms with van der Waals surface area (Å²) in [4.78, 5) is 22.1. The SMILES string of the molecule is Nc1ccc(CNC(=O)c2cc(Cl)cc([N+](=O)[O-])c2)cc1. The van der Waals surface area contributed by atoms with Crippen molar-refractivity contribution in [2.45, 2.75) is 6.54 Å². The smallest absolute Gasteiger partial charge is 0.271 e. The van der Waals surface area contributed by atoms with E-state index in [0.717, 1.165) is 5.56 Å². The molecule has 108 valence electrons. The van der Waals surface area contributed by atoms with Crippen LogP contribution in [0.15, 0.2) is 42.5 Å². The molecule has 0 heterocycles. The molecular formula is C14H12ClN3O3. The Morgan fingerprint density at radius 2 is 1.90 bits per heavy atom. The van der Waals surface area contributed by atoms with Crippen LogP contribution in [0.2, 0.25) is 5.02 Å². The standard InChI is InChI=1S/C14H12ClN3O3/c15-11-5-10(6-13(7-11)18(20)21)14(19)17-8-9-1-3-12(16)4-2-9/h1-7H,8,16H2,(H,17,19). The lowest BCUT2D eigenvalue weighted by Gasteiger charge is -2.06. The van der Waals surface area contributed by atoms with Crippen molar-refractivity contribution in [1.29, 1.82) is 0 Å². The van der Waals surface area contributed by atoms with Gasteiger partial charge in [-0.3, -0.25) is 14.9 Å². The fourth-order valence-corrected chi connectivity index (χ4v) is 1.96. The van der Waals surface area contributed by atoms with Crippen LogP contribution in [0.4, 0.5) is 11.4 Å². The van der Waals surface area contributed by atoms with Gasteiger partial charge in [-0.1, -0.05) is 23.7 Å². The highest BCUT2D eigenvalue weighted by Gasteiger charge is 2.13. The second kappa shape index (κ2) is 6.23. The number of nitro groups is 1. The van der Waals surface area contributed by atoms with Crippen molar-refractivity contribution in [3.05, 3.63) is 68.7 Å². The summed E-state index contributed by atoms with van der Waals surface area (Å²) in [7, 11) is 0. The Bertz CT molecular complexity index is 686. The number of amides is 1. The highest BCUT2D eigenvalue weighted by molar-refractivity contribution is 6.31. The lowest BCUT2D eigenvalue weighted by molar-refractivity contribution is -0.384. The van der Waals surface area contributed by atoms with Crippen LogP contribution in [0, 0.1) is 10.1 Å². The number of carbonyl (C=O) groups is 1. The maximum absolute atomic E-state index is 12.0. The summed E-state index contributed by atoms with van der Waals surface area (Å²) in [6.45, 7) is 0.291. The predicted octanol–water partition coefficient (Wildman–Crippen LogP) is 2.76. The Balaban J connectivity index is 2.09. The van der Waals surface area contributed by atoms with E-state index in [2.05, 4.69) is 5.32 Å². The van der Waals surface area contributed by atoms with Crippen LogP contribution < -0.4 is 11.1 Å². The van der Waals surface area contributed by atoms with Crippen LogP contribution in [0.3, 0.4) is 0 Å². The molecule has 0 unspecified atom stereocenters. The van der Waals surface area contributed by atoms with Gasteiger partial charge in [0.25, 0.3) is 11.6 Å². The van der Waals surface area contributed by atoms with E-state index in [0.29, 0.717) is 12.2 Å². The first kappa shape index (κ1) is 14.8. The number of non-ortho nitro benzene ring substituents is 1. The monoisotopic (exact) mass is 305 g/mol. The molecule has 0 aliphatic carbocycles. The zero-order valence-corrected chi connectivity index (χ0v) is 11.6. The number of benzene rings is 2. The molecule has 0 aliphatic heterocycles. The van der Waals surface area contributed by atoms with E-state index in [4.69, 9.17) is 17.3 Å². The molecule has 3 N–H and O–H groups in total. The number of nitro benzene ring substituents is 1. The normalized spacial score (nSPS) is 10.1. The number of carbonyl (C=O) groups excluding carboxylic acids is 1. The van der Waals surface area contributed by atoms with Gasteiger partial charge in [-0.25, -0.2) is 0 Å². The fourth-order valence-electron chi connectivity index (χ4n) is 1.73. The van der Waals surface area contributed by atoms with Gasteiger partial charge in [-0.2, -0.15) is 0 Å². The minimum absolute atomic E-state index is 0.141. The number of nitrogen functional groups attached to an aromatic ring is 1. The Morgan fingerprint density at radius 3 is 2.52 bits per heavy atom. The van der Waals surface area contributed by atoms with Crippen molar-refractivity contribution in [3.8, 4) is 0 Å². The maximum atomic E-state index is 12.0. The van der Waals surface area contributed by atoms with E-state index in [-0.39, 0.29) is 16.3 Å².